The average Bonchev–Trinajstić information content (AvgIpc) is 2.47. The van der Waals surface area contributed by atoms with Gasteiger partial charge in [0, 0.05) is 11.6 Å². The van der Waals surface area contributed by atoms with Crippen LogP contribution in [-0.4, -0.2) is 8.42 Å². The van der Waals surface area contributed by atoms with Crippen LogP contribution >= 0.6 is 0 Å². The summed E-state index contributed by atoms with van der Waals surface area (Å²) in [7, 11) is -4.04. The third kappa shape index (κ3) is 3.15. The zero-order valence-electron chi connectivity index (χ0n) is 10.6. The highest BCUT2D eigenvalue weighted by molar-refractivity contribution is 7.95. The first-order valence-corrected chi connectivity index (χ1v) is 7.30. The molecule has 0 fully saturated rings. The van der Waals surface area contributed by atoms with E-state index in [1.54, 1.807) is 12.1 Å². The third-order valence-corrected chi connectivity index (χ3v) is 4.38. The fourth-order valence-corrected chi connectivity index (χ4v) is 2.83. The Hall–Kier alpha value is -2.52. The lowest BCUT2D eigenvalue weighted by Gasteiger charge is -2.03. The van der Waals surface area contributed by atoms with Crippen molar-refractivity contribution in [1.82, 2.24) is 0 Å². The second kappa shape index (κ2) is 5.85. The summed E-state index contributed by atoms with van der Waals surface area (Å²) in [6.45, 7) is 0. The van der Waals surface area contributed by atoms with Crippen LogP contribution in [-0.2, 0) is 9.84 Å². The molecule has 0 N–H and O–H groups in total. The van der Waals surface area contributed by atoms with E-state index in [0.29, 0.717) is 6.07 Å². The Morgan fingerprint density at radius 2 is 1.76 bits per heavy atom. The molecule has 2 aromatic carbocycles. The first-order valence-electron chi connectivity index (χ1n) is 5.82. The first-order chi connectivity index (χ1) is 9.95. The van der Waals surface area contributed by atoms with Crippen molar-refractivity contribution in [3.63, 3.8) is 0 Å². The molecule has 0 bridgehead atoms. The van der Waals surface area contributed by atoms with Crippen LogP contribution in [0, 0.1) is 23.0 Å². The Morgan fingerprint density at radius 1 is 1.10 bits per heavy atom. The van der Waals surface area contributed by atoms with Crippen LogP contribution in [0.25, 0.3) is 6.08 Å². The second-order valence-electron chi connectivity index (χ2n) is 4.10. The molecule has 0 aliphatic carbocycles. The zero-order chi connectivity index (χ0) is 15.5. The molecule has 0 spiro atoms. The van der Waals surface area contributed by atoms with Gasteiger partial charge in [-0.15, -0.1) is 0 Å². The lowest BCUT2D eigenvalue weighted by Crippen LogP contribution is -2.03. The minimum absolute atomic E-state index is 0.0691. The van der Waals surface area contributed by atoms with E-state index >= 15 is 0 Å². The SMILES string of the molecule is N#C/C(=C/c1ccc(F)cc1F)S(=O)(=O)c1ccccc1. The van der Waals surface area contributed by atoms with Gasteiger partial charge in [-0.2, -0.15) is 5.26 Å². The van der Waals surface area contributed by atoms with Crippen LogP contribution in [0.4, 0.5) is 8.78 Å². The van der Waals surface area contributed by atoms with Crippen molar-refractivity contribution in [2.45, 2.75) is 4.90 Å². The Kier molecular flexibility index (Phi) is 4.15. The number of halogens is 2. The van der Waals surface area contributed by atoms with Crippen LogP contribution in [0.2, 0.25) is 0 Å². The second-order valence-corrected chi connectivity index (χ2v) is 6.02. The smallest absolute Gasteiger partial charge is 0.216 e. The molecule has 3 nitrogen and oxygen atoms in total. The van der Waals surface area contributed by atoms with E-state index in [-0.39, 0.29) is 10.5 Å². The van der Waals surface area contributed by atoms with Crippen molar-refractivity contribution in [2.24, 2.45) is 0 Å². The van der Waals surface area contributed by atoms with Crippen molar-refractivity contribution in [2.75, 3.05) is 0 Å². The maximum Gasteiger partial charge on any atom is 0.216 e. The van der Waals surface area contributed by atoms with Gasteiger partial charge < -0.3 is 0 Å². The number of sulfone groups is 1. The number of allylic oxidation sites excluding steroid dienone is 1. The molecule has 0 aliphatic rings. The highest BCUT2D eigenvalue weighted by Crippen LogP contribution is 2.22. The summed E-state index contributed by atoms with van der Waals surface area (Å²) in [6.07, 6.45) is 0.886. The van der Waals surface area contributed by atoms with Crippen LogP contribution in [0.1, 0.15) is 5.56 Å². The Balaban J connectivity index is 2.54. The summed E-state index contributed by atoms with van der Waals surface area (Å²) in [4.78, 5) is -0.681. The number of hydrogen-bond donors (Lipinski definition) is 0. The van der Waals surface area contributed by atoms with Crippen LogP contribution < -0.4 is 0 Å². The van der Waals surface area contributed by atoms with Crippen molar-refractivity contribution in [1.29, 1.82) is 5.26 Å². The van der Waals surface area contributed by atoms with Gasteiger partial charge in [0.1, 0.15) is 22.6 Å². The van der Waals surface area contributed by atoms with E-state index in [1.165, 1.54) is 24.3 Å². The Bertz CT molecular complexity index is 838. The number of rotatable bonds is 3. The number of nitrogens with zero attached hydrogens (tertiary/aromatic N) is 1. The molecule has 2 rings (SSSR count). The molecule has 0 heterocycles. The molecule has 0 atom stereocenters. The van der Waals surface area contributed by atoms with Crippen LogP contribution in [0.3, 0.4) is 0 Å². The molecule has 0 saturated carbocycles. The quantitative estimate of drug-likeness (QED) is 0.817. The van der Waals surface area contributed by atoms with E-state index in [4.69, 9.17) is 5.26 Å². The van der Waals surface area contributed by atoms with Gasteiger partial charge in [0.15, 0.2) is 0 Å². The lowest BCUT2D eigenvalue weighted by molar-refractivity contribution is 0.581. The van der Waals surface area contributed by atoms with E-state index in [9.17, 15) is 17.2 Å². The van der Waals surface area contributed by atoms with Crippen molar-refractivity contribution < 1.29 is 17.2 Å². The fourth-order valence-electron chi connectivity index (χ4n) is 1.66. The van der Waals surface area contributed by atoms with Crippen LogP contribution in [0.5, 0.6) is 0 Å². The Morgan fingerprint density at radius 3 is 2.33 bits per heavy atom. The molecule has 0 aromatic heterocycles. The Labute approximate surface area is 120 Å². The fraction of sp³-hybridized carbons (Fsp3) is 0. The van der Waals surface area contributed by atoms with Gasteiger partial charge >= 0.3 is 0 Å². The minimum atomic E-state index is -4.04. The molecule has 0 amide bonds. The van der Waals surface area contributed by atoms with E-state index in [0.717, 1.165) is 18.2 Å². The van der Waals surface area contributed by atoms with E-state index < -0.39 is 26.4 Å². The summed E-state index contributed by atoms with van der Waals surface area (Å²) in [6, 6.07) is 11.6. The lowest BCUT2D eigenvalue weighted by atomic mass is 10.2. The monoisotopic (exact) mass is 305 g/mol. The summed E-state index contributed by atoms with van der Waals surface area (Å²) >= 11 is 0. The molecule has 6 heteroatoms. The van der Waals surface area contributed by atoms with Gasteiger partial charge in [-0.3, -0.25) is 0 Å². The predicted molar refractivity (Wildman–Crippen MR) is 73.6 cm³/mol. The molecule has 0 saturated heterocycles. The normalized spacial score (nSPS) is 12.0. The van der Waals surface area contributed by atoms with Gasteiger partial charge in [0.2, 0.25) is 9.84 Å². The van der Waals surface area contributed by atoms with Gasteiger partial charge in [-0.05, 0) is 30.3 Å². The first kappa shape index (κ1) is 14.9. The highest BCUT2D eigenvalue weighted by Gasteiger charge is 2.20. The van der Waals surface area contributed by atoms with Gasteiger partial charge in [0.25, 0.3) is 0 Å². The largest absolute Gasteiger partial charge is 0.218 e. The highest BCUT2D eigenvalue weighted by atomic mass is 32.2. The van der Waals surface area contributed by atoms with Gasteiger partial charge in [0.05, 0.1) is 4.90 Å². The summed E-state index contributed by atoms with van der Waals surface area (Å²) in [5.41, 5.74) is -0.174. The molecule has 106 valence electrons. The van der Waals surface area contributed by atoms with E-state index in [2.05, 4.69) is 0 Å². The number of nitriles is 1. The van der Waals surface area contributed by atoms with Crippen molar-refractivity contribution in [3.8, 4) is 6.07 Å². The molecule has 21 heavy (non-hydrogen) atoms. The summed E-state index contributed by atoms with van der Waals surface area (Å²) in [5.74, 6) is -1.72. The average molecular weight is 305 g/mol. The molecule has 2 aromatic rings. The van der Waals surface area contributed by atoms with Gasteiger partial charge in [-0.1, -0.05) is 18.2 Å². The summed E-state index contributed by atoms with van der Waals surface area (Å²) in [5, 5.41) is 9.04. The third-order valence-electron chi connectivity index (χ3n) is 2.70. The standard InChI is InChI=1S/C15H9F2NO2S/c16-12-7-6-11(15(17)9-12)8-14(10-18)21(19,20)13-4-2-1-3-5-13/h1-9H/b14-8-. The topological polar surface area (TPSA) is 57.9 Å². The van der Waals surface area contributed by atoms with Crippen molar-refractivity contribution >= 4 is 15.9 Å². The zero-order valence-corrected chi connectivity index (χ0v) is 11.4. The van der Waals surface area contributed by atoms with E-state index in [1.807, 2.05) is 0 Å². The van der Waals surface area contributed by atoms with Gasteiger partial charge in [-0.25, -0.2) is 17.2 Å². The van der Waals surface area contributed by atoms with Crippen molar-refractivity contribution in [3.05, 3.63) is 70.6 Å². The molecule has 0 aliphatic heterocycles. The number of benzene rings is 2. The molecule has 0 radical (unpaired) electrons. The maximum atomic E-state index is 13.5. The molecule has 0 unspecified atom stereocenters. The summed E-state index contributed by atoms with van der Waals surface area (Å²) < 4.78 is 50.9. The predicted octanol–water partition coefficient (Wildman–Crippen LogP) is 3.30. The molecular weight excluding hydrogens is 296 g/mol. The maximum absolute atomic E-state index is 13.5. The van der Waals surface area contributed by atoms with Crippen LogP contribution in [0.15, 0.2) is 58.3 Å². The minimum Gasteiger partial charge on any atom is -0.218 e. The number of hydrogen-bond acceptors (Lipinski definition) is 3. The molecular formula is C15H9F2NO2S.